The van der Waals surface area contributed by atoms with Gasteiger partial charge in [0.25, 0.3) is 5.56 Å². The number of nitrogens with one attached hydrogen (secondary N) is 1. The SMILES string of the molecule is COc1cc2[nH]c3c(=O)n(Cc4ccncc4)cnc3c2cc1OC. The van der Waals surface area contributed by atoms with E-state index in [4.69, 9.17) is 9.47 Å². The van der Waals surface area contributed by atoms with Crippen molar-refractivity contribution in [3.63, 3.8) is 0 Å². The Hall–Kier alpha value is -3.35. The summed E-state index contributed by atoms with van der Waals surface area (Å²) in [6.07, 6.45) is 4.97. The van der Waals surface area contributed by atoms with Crippen LogP contribution in [0.3, 0.4) is 0 Å². The number of H-pyrrole nitrogens is 1. The van der Waals surface area contributed by atoms with Crippen LogP contribution in [0.15, 0.2) is 47.8 Å². The predicted molar refractivity (Wildman–Crippen MR) is 94.3 cm³/mol. The van der Waals surface area contributed by atoms with Gasteiger partial charge in [-0.15, -0.1) is 0 Å². The summed E-state index contributed by atoms with van der Waals surface area (Å²) < 4.78 is 12.2. The first-order valence-corrected chi connectivity index (χ1v) is 7.73. The molecule has 1 aromatic carbocycles. The number of aromatic nitrogens is 4. The Balaban J connectivity index is 1.89. The zero-order chi connectivity index (χ0) is 17.4. The van der Waals surface area contributed by atoms with Gasteiger partial charge in [0.1, 0.15) is 11.0 Å². The Morgan fingerprint density at radius 1 is 1.12 bits per heavy atom. The smallest absolute Gasteiger partial charge is 0.277 e. The lowest BCUT2D eigenvalue weighted by atomic mass is 10.2. The van der Waals surface area contributed by atoms with Crippen LogP contribution in [-0.2, 0) is 6.54 Å². The highest BCUT2D eigenvalue weighted by atomic mass is 16.5. The van der Waals surface area contributed by atoms with Crippen molar-refractivity contribution in [3.8, 4) is 11.5 Å². The molecule has 0 bridgehead atoms. The van der Waals surface area contributed by atoms with Crippen molar-refractivity contribution in [3.05, 3.63) is 58.9 Å². The molecule has 1 N–H and O–H groups in total. The minimum absolute atomic E-state index is 0.129. The van der Waals surface area contributed by atoms with Crippen LogP contribution in [0.5, 0.6) is 11.5 Å². The lowest BCUT2D eigenvalue weighted by molar-refractivity contribution is 0.356. The van der Waals surface area contributed by atoms with Crippen molar-refractivity contribution in [2.75, 3.05) is 14.2 Å². The number of rotatable bonds is 4. The number of fused-ring (bicyclic) bond motifs is 3. The average Bonchev–Trinajstić information content (AvgIpc) is 3.02. The Labute approximate surface area is 142 Å². The van der Waals surface area contributed by atoms with Gasteiger partial charge >= 0.3 is 0 Å². The van der Waals surface area contributed by atoms with Crippen LogP contribution in [-0.4, -0.2) is 33.7 Å². The molecule has 0 amide bonds. The summed E-state index contributed by atoms with van der Waals surface area (Å²) in [7, 11) is 3.15. The summed E-state index contributed by atoms with van der Waals surface area (Å²) in [5.74, 6) is 1.19. The first kappa shape index (κ1) is 15.2. The monoisotopic (exact) mass is 336 g/mol. The van der Waals surface area contributed by atoms with E-state index >= 15 is 0 Å². The second-order valence-corrected chi connectivity index (χ2v) is 5.63. The molecule has 4 rings (SSSR count). The van der Waals surface area contributed by atoms with E-state index in [0.29, 0.717) is 29.1 Å². The molecular weight excluding hydrogens is 320 g/mol. The third-order valence-corrected chi connectivity index (χ3v) is 4.18. The molecule has 7 nitrogen and oxygen atoms in total. The van der Waals surface area contributed by atoms with E-state index in [-0.39, 0.29) is 5.56 Å². The lowest BCUT2D eigenvalue weighted by Gasteiger charge is -2.07. The van der Waals surface area contributed by atoms with E-state index in [2.05, 4.69) is 15.0 Å². The molecule has 0 fully saturated rings. The first-order chi connectivity index (χ1) is 12.2. The maximum absolute atomic E-state index is 12.8. The molecule has 3 aromatic heterocycles. The van der Waals surface area contributed by atoms with Gasteiger partial charge in [-0.3, -0.25) is 14.3 Å². The molecule has 0 aliphatic rings. The number of nitrogens with zero attached hydrogens (tertiary/aromatic N) is 3. The second-order valence-electron chi connectivity index (χ2n) is 5.63. The number of aromatic amines is 1. The van der Waals surface area contributed by atoms with Crippen LogP contribution in [0.4, 0.5) is 0 Å². The van der Waals surface area contributed by atoms with Gasteiger partial charge in [0, 0.05) is 23.8 Å². The average molecular weight is 336 g/mol. The Morgan fingerprint density at radius 3 is 2.56 bits per heavy atom. The van der Waals surface area contributed by atoms with Crippen LogP contribution < -0.4 is 15.0 Å². The van der Waals surface area contributed by atoms with Crippen molar-refractivity contribution in [2.24, 2.45) is 0 Å². The number of methoxy groups -OCH3 is 2. The molecule has 0 saturated heterocycles. The van der Waals surface area contributed by atoms with E-state index in [1.165, 1.54) is 0 Å². The highest BCUT2D eigenvalue weighted by molar-refractivity contribution is 6.05. The Bertz CT molecular complexity index is 1120. The molecular formula is C18H16N4O3. The van der Waals surface area contributed by atoms with Crippen LogP contribution >= 0.6 is 0 Å². The summed E-state index contributed by atoms with van der Waals surface area (Å²) in [5.41, 5.74) is 2.71. The van der Waals surface area contributed by atoms with Gasteiger partial charge in [-0.1, -0.05) is 0 Å². The molecule has 0 atom stereocenters. The molecule has 7 heteroatoms. The van der Waals surface area contributed by atoms with Gasteiger partial charge in [0.15, 0.2) is 11.5 Å². The van der Waals surface area contributed by atoms with Crippen LogP contribution in [0.25, 0.3) is 21.9 Å². The standard InChI is InChI=1S/C18H16N4O3/c1-24-14-7-12-13(8-15(14)25-2)21-17-16(12)20-10-22(18(17)23)9-11-3-5-19-6-4-11/h3-8,10,21H,9H2,1-2H3. The largest absolute Gasteiger partial charge is 0.493 e. The molecule has 0 radical (unpaired) electrons. The normalized spacial score (nSPS) is 11.1. The van der Waals surface area contributed by atoms with E-state index in [1.807, 2.05) is 24.3 Å². The summed E-state index contributed by atoms with van der Waals surface area (Å²) in [6.45, 7) is 0.437. The topological polar surface area (TPSA) is 82.0 Å². The summed E-state index contributed by atoms with van der Waals surface area (Å²) in [6, 6.07) is 7.38. The van der Waals surface area contributed by atoms with E-state index < -0.39 is 0 Å². The molecule has 0 spiro atoms. The van der Waals surface area contributed by atoms with E-state index in [0.717, 1.165) is 16.5 Å². The number of pyridine rings is 1. The van der Waals surface area contributed by atoms with E-state index in [9.17, 15) is 4.79 Å². The first-order valence-electron chi connectivity index (χ1n) is 7.73. The maximum atomic E-state index is 12.8. The third kappa shape index (κ3) is 2.50. The highest BCUT2D eigenvalue weighted by Crippen LogP contribution is 2.34. The number of hydrogen-bond acceptors (Lipinski definition) is 5. The fraction of sp³-hybridized carbons (Fsp3) is 0.167. The molecule has 0 aliphatic carbocycles. The molecule has 4 aromatic rings. The fourth-order valence-corrected chi connectivity index (χ4v) is 2.92. The maximum Gasteiger partial charge on any atom is 0.277 e. The van der Waals surface area contributed by atoms with Crippen molar-refractivity contribution >= 4 is 21.9 Å². The molecule has 126 valence electrons. The number of hydrogen-bond donors (Lipinski definition) is 1. The van der Waals surface area contributed by atoms with Gasteiger partial charge in [-0.2, -0.15) is 0 Å². The minimum Gasteiger partial charge on any atom is -0.493 e. The predicted octanol–water partition coefficient (Wildman–Crippen LogP) is 2.34. The zero-order valence-corrected chi connectivity index (χ0v) is 13.8. The second kappa shape index (κ2) is 5.94. The quantitative estimate of drug-likeness (QED) is 0.618. The minimum atomic E-state index is -0.129. The van der Waals surface area contributed by atoms with Gasteiger partial charge in [-0.05, 0) is 23.8 Å². The van der Waals surface area contributed by atoms with Crippen LogP contribution in [0, 0.1) is 0 Å². The van der Waals surface area contributed by atoms with Gasteiger partial charge < -0.3 is 14.5 Å². The lowest BCUT2D eigenvalue weighted by Crippen LogP contribution is -2.21. The summed E-state index contributed by atoms with van der Waals surface area (Å²) in [4.78, 5) is 24.4. The molecule has 25 heavy (non-hydrogen) atoms. The van der Waals surface area contributed by atoms with Crippen molar-refractivity contribution in [1.29, 1.82) is 0 Å². The van der Waals surface area contributed by atoms with Crippen molar-refractivity contribution < 1.29 is 9.47 Å². The van der Waals surface area contributed by atoms with Crippen LogP contribution in [0.2, 0.25) is 0 Å². The zero-order valence-electron chi connectivity index (χ0n) is 13.8. The van der Waals surface area contributed by atoms with Crippen molar-refractivity contribution in [2.45, 2.75) is 6.54 Å². The van der Waals surface area contributed by atoms with Gasteiger partial charge in [-0.25, -0.2) is 4.98 Å². The summed E-state index contributed by atoms with van der Waals surface area (Å²) in [5, 5.41) is 0.820. The molecule has 3 heterocycles. The molecule has 0 unspecified atom stereocenters. The molecule has 0 aliphatic heterocycles. The van der Waals surface area contributed by atoms with Crippen LogP contribution in [0.1, 0.15) is 5.56 Å². The van der Waals surface area contributed by atoms with E-state index in [1.54, 1.807) is 37.5 Å². The number of ether oxygens (including phenoxy) is 2. The highest BCUT2D eigenvalue weighted by Gasteiger charge is 2.14. The Kier molecular flexibility index (Phi) is 3.61. The fourth-order valence-electron chi connectivity index (χ4n) is 2.92. The van der Waals surface area contributed by atoms with Gasteiger partial charge in [0.05, 0.1) is 32.6 Å². The Morgan fingerprint density at radius 2 is 1.84 bits per heavy atom. The number of benzene rings is 1. The third-order valence-electron chi connectivity index (χ3n) is 4.18. The van der Waals surface area contributed by atoms with Crippen molar-refractivity contribution in [1.82, 2.24) is 19.5 Å². The van der Waals surface area contributed by atoms with Gasteiger partial charge in [0.2, 0.25) is 0 Å². The molecule has 0 saturated carbocycles. The summed E-state index contributed by atoms with van der Waals surface area (Å²) >= 11 is 0.